The molecule has 0 unspecified atom stereocenters. The van der Waals surface area contributed by atoms with E-state index in [1.54, 1.807) is 26.4 Å². The zero-order chi connectivity index (χ0) is 48.1. The Kier molecular flexibility index (Phi) is 16.4. The lowest BCUT2D eigenvalue weighted by Crippen LogP contribution is -2.46. The standard InChI is InChI=1S/2C29H32N2O4/c2*1-33-23-8-6-7-22(19-23)21-31-16-14-30(15-17-31)13-4-5-18-34-24-11-12-26-25-9-2-3-10-27(25)29(32)35-28(26)20-24/h2*2-3,6-12,19-20H,4-5,13-18,21H2,1H3. The second-order valence-corrected chi connectivity index (χ2v) is 18.2. The fraction of sp³-hybridized carbons (Fsp3) is 0.345. The van der Waals surface area contributed by atoms with E-state index in [9.17, 15) is 9.59 Å². The van der Waals surface area contributed by atoms with Crippen LogP contribution < -0.4 is 30.2 Å². The molecule has 4 heterocycles. The van der Waals surface area contributed by atoms with Crippen LogP contribution in [0.5, 0.6) is 23.0 Å². The van der Waals surface area contributed by atoms with Gasteiger partial charge >= 0.3 is 11.3 Å². The third-order valence-corrected chi connectivity index (χ3v) is 13.5. The van der Waals surface area contributed by atoms with Gasteiger partial charge in [-0.1, -0.05) is 60.7 Å². The first-order valence-electron chi connectivity index (χ1n) is 24.7. The van der Waals surface area contributed by atoms with E-state index >= 15 is 0 Å². The summed E-state index contributed by atoms with van der Waals surface area (Å²) < 4.78 is 33.6. The van der Waals surface area contributed by atoms with E-state index in [2.05, 4.69) is 56.0 Å². The molecule has 0 spiro atoms. The van der Waals surface area contributed by atoms with Crippen LogP contribution in [0.15, 0.2) is 152 Å². The summed E-state index contributed by atoms with van der Waals surface area (Å²) in [7, 11) is 3.43. The van der Waals surface area contributed by atoms with Gasteiger partial charge < -0.3 is 37.6 Å². The van der Waals surface area contributed by atoms with Crippen LogP contribution in [-0.4, -0.2) is 112 Å². The van der Waals surface area contributed by atoms with E-state index in [1.807, 2.05) is 84.9 Å². The van der Waals surface area contributed by atoms with E-state index in [0.717, 1.165) is 149 Å². The number of hydrogen-bond acceptors (Lipinski definition) is 12. The molecular weight excluding hydrogens is 881 g/mol. The lowest BCUT2D eigenvalue weighted by Gasteiger charge is -2.34. The van der Waals surface area contributed by atoms with Gasteiger partial charge in [0.25, 0.3) is 0 Å². The highest BCUT2D eigenvalue weighted by Crippen LogP contribution is 2.28. The topological polar surface area (TPSA) is 110 Å². The number of benzene rings is 6. The summed E-state index contributed by atoms with van der Waals surface area (Å²) in [5.41, 5.74) is 3.12. The Bertz CT molecular complexity index is 2890. The normalized spacial score (nSPS) is 15.0. The van der Waals surface area contributed by atoms with Crippen molar-refractivity contribution < 1.29 is 27.8 Å². The maximum absolute atomic E-state index is 12.3. The zero-order valence-electron chi connectivity index (χ0n) is 40.5. The van der Waals surface area contributed by atoms with Crippen LogP contribution in [0.1, 0.15) is 36.8 Å². The Hall–Kier alpha value is -6.70. The summed E-state index contributed by atoms with van der Waals surface area (Å²) in [6.07, 6.45) is 4.18. The van der Waals surface area contributed by atoms with Gasteiger partial charge in [0.05, 0.1) is 38.2 Å². The fourth-order valence-corrected chi connectivity index (χ4v) is 9.56. The van der Waals surface area contributed by atoms with Crippen LogP contribution in [0.2, 0.25) is 0 Å². The first-order valence-corrected chi connectivity index (χ1v) is 24.7. The van der Waals surface area contributed by atoms with Crippen molar-refractivity contribution in [3.63, 3.8) is 0 Å². The van der Waals surface area contributed by atoms with Gasteiger partial charge in [-0.2, -0.15) is 0 Å². The molecule has 2 aliphatic heterocycles. The van der Waals surface area contributed by atoms with Crippen molar-refractivity contribution in [1.82, 2.24) is 19.6 Å². The molecule has 10 rings (SSSR count). The van der Waals surface area contributed by atoms with Crippen LogP contribution >= 0.6 is 0 Å². The summed E-state index contributed by atoms with van der Waals surface area (Å²) in [4.78, 5) is 34.6. The number of hydrogen-bond donors (Lipinski definition) is 0. The molecule has 6 aromatic carbocycles. The third-order valence-electron chi connectivity index (χ3n) is 13.5. The van der Waals surface area contributed by atoms with Crippen molar-refractivity contribution in [2.24, 2.45) is 0 Å². The molecule has 0 N–H and O–H groups in total. The maximum Gasteiger partial charge on any atom is 0.344 e. The van der Waals surface area contributed by atoms with E-state index in [0.29, 0.717) is 35.2 Å². The lowest BCUT2D eigenvalue weighted by atomic mass is 10.1. The molecule has 0 amide bonds. The Morgan fingerprint density at radius 3 is 1.21 bits per heavy atom. The predicted octanol–water partition coefficient (Wildman–Crippen LogP) is 9.86. The molecule has 70 heavy (non-hydrogen) atoms. The van der Waals surface area contributed by atoms with Gasteiger partial charge in [0.15, 0.2) is 0 Å². The second kappa shape index (κ2) is 23.7. The largest absolute Gasteiger partial charge is 0.497 e. The van der Waals surface area contributed by atoms with Crippen LogP contribution in [-0.2, 0) is 13.1 Å². The summed E-state index contributed by atoms with van der Waals surface area (Å²) in [5, 5.41) is 4.89. The predicted molar refractivity (Wildman–Crippen MR) is 279 cm³/mol. The van der Waals surface area contributed by atoms with Crippen molar-refractivity contribution in [2.75, 3.05) is 92.9 Å². The van der Waals surface area contributed by atoms with E-state index in [-0.39, 0.29) is 11.3 Å². The molecule has 2 fully saturated rings. The zero-order valence-corrected chi connectivity index (χ0v) is 40.5. The average molecular weight is 945 g/mol. The molecule has 2 aliphatic rings. The molecule has 2 aromatic heterocycles. The maximum atomic E-state index is 12.3. The van der Waals surface area contributed by atoms with Crippen LogP contribution in [0.3, 0.4) is 0 Å². The van der Waals surface area contributed by atoms with Crippen molar-refractivity contribution in [1.29, 1.82) is 0 Å². The van der Waals surface area contributed by atoms with Gasteiger partial charge in [-0.25, -0.2) is 9.59 Å². The monoisotopic (exact) mass is 944 g/mol. The Morgan fingerprint density at radius 2 is 0.800 bits per heavy atom. The van der Waals surface area contributed by atoms with Gasteiger partial charge in [-0.3, -0.25) is 9.80 Å². The number of piperazine rings is 2. The summed E-state index contributed by atoms with van der Waals surface area (Å²) in [6.45, 7) is 14.2. The van der Waals surface area contributed by atoms with Gasteiger partial charge in [0.1, 0.15) is 34.2 Å². The molecule has 364 valence electrons. The second-order valence-electron chi connectivity index (χ2n) is 18.2. The number of unbranched alkanes of at least 4 members (excludes halogenated alkanes) is 2. The van der Waals surface area contributed by atoms with Gasteiger partial charge in [0.2, 0.25) is 0 Å². The lowest BCUT2D eigenvalue weighted by molar-refractivity contribution is 0.124. The Balaban J connectivity index is 0.000000174. The fourth-order valence-electron chi connectivity index (χ4n) is 9.56. The molecule has 0 bridgehead atoms. The molecule has 12 heteroatoms. The summed E-state index contributed by atoms with van der Waals surface area (Å²) >= 11 is 0. The van der Waals surface area contributed by atoms with Crippen LogP contribution in [0.25, 0.3) is 43.5 Å². The van der Waals surface area contributed by atoms with Crippen molar-refractivity contribution >= 4 is 43.5 Å². The highest BCUT2D eigenvalue weighted by Gasteiger charge is 2.19. The minimum atomic E-state index is -0.311. The minimum Gasteiger partial charge on any atom is -0.497 e. The van der Waals surface area contributed by atoms with Gasteiger partial charge in [-0.15, -0.1) is 0 Å². The third kappa shape index (κ3) is 12.5. The molecule has 0 atom stereocenters. The van der Waals surface area contributed by atoms with Crippen molar-refractivity contribution in [3.8, 4) is 23.0 Å². The highest BCUT2D eigenvalue weighted by atomic mass is 16.5. The van der Waals surface area contributed by atoms with Crippen molar-refractivity contribution in [2.45, 2.75) is 38.8 Å². The Labute approximate surface area is 409 Å². The van der Waals surface area contributed by atoms with E-state index in [1.165, 1.54) is 11.1 Å². The van der Waals surface area contributed by atoms with E-state index in [4.69, 9.17) is 27.8 Å². The number of methoxy groups -OCH3 is 2. The van der Waals surface area contributed by atoms with Gasteiger partial charge in [-0.05, 0) is 121 Å². The quantitative estimate of drug-likeness (QED) is 0.0464. The number of nitrogens with zero attached hydrogens (tertiary/aromatic N) is 4. The van der Waals surface area contributed by atoms with Gasteiger partial charge in [0, 0.05) is 88.4 Å². The highest BCUT2D eigenvalue weighted by molar-refractivity contribution is 6.05. The van der Waals surface area contributed by atoms with Crippen LogP contribution in [0.4, 0.5) is 0 Å². The number of ether oxygens (including phenoxy) is 4. The molecule has 2 saturated heterocycles. The summed E-state index contributed by atoms with van der Waals surface area (Å²) in [6, 6.07) is 43.3. The first-order chi connectivity index (χ1) is 34.4. The SMILES string of the molecule is COc1cccc(CN2CCN(CCCCOc3ccc4c(c3)oc(=O)c3ccccc34)CC2)c1.COc1cccc(CN2CCN(CCCCOc3ccc4c(c3)oc(=O)c3ccccc34)CC2)c1. The molecule has 8 aromatic rings. The summed E-state index contributed by atoms with van der Waals surface area (Å²) in [5.74, 6) is 3.32. The average Bonchev–Trinajstić information content (AvgIpc) is 3.40. The molecule has 0 aliphatic carbocycles. The molecule has 0 radical (unpaired) electrons. The first kappa shape index (κ1) is 48.3. The van der Waals surface area contributed by atoms with E-state index < -0.39 is 0 Å². The molecule has 12 nitrogen and oxygen atoms in total. The smallest absolute Gasteiger partial charge is 0.344 e. The van der Waals surface area contributed by atoms with Crippen molar-refractivity contribution in [3.05, 3.63) is 165 Å². The van der Waals surface area contributed by atoms with Crippen LogP contribution in [0, 0.1) is 0 Å². The molecular formula is C58H64N4O8. The minimum absolute atomic E-state index is 0.311. The Morgan fingerprint density at radius 1 is 0.400 bits per heavy atom. The molecule has 0 saturated carbocycles. The number of fused-ring (bicyclic) bond motifs is 6. The number of rotatable bonds is 18.